The summed E-state index contributed by atoms with van der Waals surface area (Å²) in [4.78, 5) is 28.2. The molecule has 0 saturated carbocycles. The molecule has 2 aromatic rings. The summed E-state index contributed by atoms with van der Waals surface area (Å²) >= 11 is 15.2. The number of benzene rings is 1. The lowest BCUT2D eigenvalue weighted by Gasteiger charge is -2.34. The van der Waals surface area contributed by atoms with Crippen LogP contribution in [0.1, 0.15) is 20.9 Å². The van der Waals surface area contributed by atoms with Crippen molar-refractivity contribution in [3.63, 3.8) is 0 Å². The fourth-order valence-electron chi connectivity index (χ4n) is 2.53. The van der Waals surface area contributed by atoms with Crippen molar-refractivity contribution in [2.75, 3.05) is 26.2 Å². The lowest BCUT2D eigenvalue weighted by atomic mass is 10.1. The van der Waals surface area contributed by atoms with Crippen molar-refractivity contribution in [1.82, 2.24) is 9.80 Å². The number of carbonyl (C=O) groups is 2. The third kappa shape index (κ3) is 3.61. The minimum atomic E-state index is -0.186. The van der Waals surface area contributed by atoms with Crippen molar-refractivity contribution < 1.29 is 14.0 Å². The second-order valence-corrected chi connectivity index (χ2v) is 6.94. The summed E-state index contributed by atoms with van der Waals surface area (Å²) in [5, 5.41) is 0.823. The zero-order valence-corrected chi connectivity index (χ0v) is 15.6. The molecule has 1 aliphatic heterocycles. The van der Waals surface area contributed by atoms with E-state index in [1.807, 2.05) is 0 Å². The predicted octanol–water partition coefficient (Wildman–Crippen LogP) is 3.95. The van der Waals surface area contributed by atoms with Gasteiger partial charge in [0, 0.05) is 31.2 Å². The first-order valence-electron chi connectivity index (χ1n) is 7.24. The Labute approximate surface area is 157 Å². The molecule has 0 aliphatic carbocycles. The van der Waals surface area contributed by atoms with Crippen LogP contribution in [-0.2, 0) is 0 Å². The highest BCUT2D eigenvalue weighted by atomic mass is 79.9. The SMILES string of the molecule is O=C(c1ccc(Br)o1)N1CCN(C(=O)c2cc(Cl)ccc2Cl)CC1. The van der Waals surface area contributed by atoms with Crippen molar-refractivity contribution in [2.24, 2.45) is 0 Å². The molecule has 0 atom stereocenters. The van der Waals surface area contributed by atoms with Crippen LogP contribution in [0.15, 0.2) is 39.4 Å². The third-order valence-corrected chi connectivity index (χ3v) is 4.79. The average molecular weight is 432 g/mol. The van der Waals surface area contributed by atoms with Crippen LogP contribution >= 0.6 is 39.1 Å². The van der Waals surface area contributed by atoms with E-state index < -0.39 is 0 Å². The predicted molar refractivity (Wildman–Crippen MR) is 94.7 cm³/mol. The van der Waals surface area contributed by atoms with Gasteiger partial charge in [-0.15, -0.1) is 0 Å². The van der Waals surface area contributed by atoms with E-state index in [-0.39, 0.29) is 17.6 Å². The molecular weight excluding hydrogens is 419 g/mol. The van der Waals surface area contributed by atoms with Crippen LogP contribution in [-0.4, -0.2) is 47.8 Å². The topological polar surface area (TPSA) is 53.8 Å². The minimum Gasteiger partial charge on any atom is -0.444 e. The standard InChI is InChI=1S/C16H13BrCl2N2O3/c17-14-4-3-13(24-14)16(23)21-7-5-20(6-8-21)15(22)11-9-10(18)1-2-12(11)19/h1-4,9H,5-8H2. The molecule has 5 nitrogen and oxygen atoms in total. The Bertz CT molecular complexity index is 785. The van der Waals surface area contributed by atoms with Gasteiger partial charge in [0.1, 0.15) is 0 Å². The molecule has 1 aliphatic rings. The molecule has 0 radical (unpaired) electrons. The van der Waals surface area contributed by atoms with Gasteiger partial charge in [0.05, 0.1) is 10.6 Å². The minimum absolute atomic E-state index is 0.185. The highest BCUT2D eigenvalue weighted by Crippen LogP contribution is 2.23. The molecule has 126 valence electrons. The largest absolute Gasteiger partial charge is 0.444 e. The molecule has 0 unspecified atom stereocenters. The van der Waals surface area contributed by atoms with E-state index in [0.717, 1.165) is 0 Å². The smallest absolute Gasteiger partial charge is 0.289 e. The van der Waals surface area contributed by atoms with E-state index >= 15 is 0 Å². The molecular formula is C16H13BrCl2N2O3. The maximum absolute atomic E-state index is 12.6. The van der Waals surface area contributed by atoms with E-state index in [4.69, 9.17) is 27.6 Å². The van der Waals surface area contributed by atoms with Crippen LogP contribution in [0.4, 0.5) is 0 Å². The maximum atomic E-state index is 12.6. The number of piperazine rings is 1. The quantitative estimate of drug-likeness (QED) is 0.723. The summed E-state index contributed by atoms with van der Waals surface area (Å²) in [6.45, 7) is 1.72. The van der Waals surface area contributed by atoms with Gasteiger partial charge in [0.15, 0.2) is 10.4 Å². The molecule has 0 bridgehead atoms. The second kappa shape index (κ2) is 7.17. The van der Waals surface area contributed by atoms with Gasteiger partial charge in [-0.05, 0) is 46.3 Å². The first-order valence-corrected chi connectivity index (χ1v) is 8.79. The Balaban J connectivity index is 1.65. The normalized spacial score (nSPS) is 14.8. The number of rotatable bonds is 2. The summed E-state index contributed by atoms with van der Waals surface area (Å²) in [7, 11) is 0. The number of hydrogen-bond acceptors (Lipinski definition) is 3. The molecule has 1 aromatic heterocycles. The Morgan fingerprint density at radius 2 is 1.58 bits per heavy atom. The van der Waals surface area contributed by atoms with Crippen molar-refractivity contribution >= 4 is 50.9 Å². The number of nitrogens with zero attached hydrogens (tertiary/aromatic N) is 2. The van der Waals surface area contributed by atoms with E-state index in [0.29, 0.717) is 46.5 Å². The number of carbonyl (C=O) groups excluding carboxylic acids is 2. The summed E-state index contributed by atoms with van der Waals surface area (Å²) in [6.07, 6.45) is 0. The van der Waals surface area contributed by atoms with Gasteiger partial charge in [-0.25, -0.2) is 0 Å². The van der Waals surface area contributed by atoms with Gasteiger partial charge in [-0.2, -0.15) is 0 Å². The molecule has 1 aromatic carbocycles. The van der Waals surface area contributed by atoms with Crippen LogP contribution in [0.2, 0.25) is 10.0 Å². The van der Waals surface area contributed by atoms with Crippen LogP contribution in [0.3, 0.4) is 0 Å². The number of amides is 2. The maximum Gasteiger partial charge on any atom is 0.289 e. The molecule has 3 rings (SSSR count). The van der Waals surface area contributed by atoms with E-state index in [2.05, 4.69) is 15.9 Å². The highest BCUT2D eigenvalue weighted by Gasteiger charge is 2.27. The third-order valence-electron chi connectivity index (χ3n) is 3.80. The molecule has 0 N–H and O–H groups in total. The number of hydrogen-bond donors (Lipinski definition) is 0. The Hall–Kier alpha value is -1.50. The summed E-state index contributed by atoms with van der Waals surface area (Å²) in [5.41, 5.74) is 0.374. The van der Waals surface area contributed by atoms with Crippen LogP contribution in [0.5, 0.6) is 0 Å². The van der Waals surface area contributed by atoms with E-state index in [1.54, 1.807) is 40.1 Å². The fraction of sp³-hybridized carbons (Fsp3) is 0.250. The molecule has 0 spiro atoms. The van der Waals surface area contributed by atoms with Crippen molar-refractivity contribution in [3.8, 4) is 0 Å². The second-order valence-electron chi connectivity index (χ2n) is 5.31. The van der Waals surface area contributed by atoms with Crippen molar-refractivity contribution in [2.45, 2.75) is 0 Å². The molecule has 24 heavy (non-hydrogen) atoms. The molecule has 2 heterocycles. The van der Waals surface area contributed by atoms with Crippen molar-refractivity contribution in [3.05, 3.63) is 56.4 Å². The Morgan fingerprint density at radius 1 is 0.958 bits per heavy atom. The summed E-state index contributed by atoms with van der Waals surface area (Å²) in [6, 6.07) is 8.10. The summed E-state index contributed by atoms with van der Waals surface area (Å²) < 4.78 is 5.79. The fourth-order valence-corrected chi connectivity index (χ4v) is 3.21. The van der Waals surface area contributed by atoms with Gasteiger partial charge in [0.2, 0.25) is 0 Å². The van der Waals surface area contributed by atoms with E-state index in [9.17, 15) is 9.59 Å². The zero-order valence-electron chi connectivity index (χ0n) is 12.5. The van der Waals surface area contributed by atoms with Crippen molar-refractivity contribution in [1.29, 1.82) is 0 Å². The lowest BCUT2D eigenvalue weighted by molar-refractivity contribution is 0.0517. The van der Waals surface area contributed by atoms with Gasteiger partial charge in [-0.3, -0.25) is 9.59 Å². The van der Waals surface area contributed by atoms with Crippen LogP contribution in [0, 0.1) is 0 Å². The lowest BCUT2D eigenvalue weighted by Crippen LogP contribution is -2.50. The Morgan fingerprint density at radius 3 is 2.17 bits per heavy atom. The van der Waals surface area contributed by atoms with Gasteiger partial charge < -0.3 is 14.2 Å². The molecule has 2 amide bonds. The molecule has 1 fully saturated rings. The first-order chi connectivity index (χ1) is 11.5. The number of halogens is 3. The molecule has 1 saturated heterocycles. The summed E-state index contributed by atoms with van der Waals surface area (Å²) in [5.74, 6) is -0.0940. The Kier molecular flexibility index (Phi) is 5.18. The van der Waals surface area contributed by atoms with Crippen LogP contribution < -0.4 is 0 Å². The monoisotopic (exact) mass is 430 g/mol. The van der Waals surface area contributed by atoms with Crippen LogP contribution in [0.25, 0.3) is 0 Å². The van der Waals surface area contributed by atoms with E-state index in [1.165, 1.54) is 0 Å². The van der Waals surface area contributed by atoms with Gasteiger partial charge >= 0.3 is 0 Å². The molecule has 8 heteroatoms. The number of furan rings is 1. The van der Waals surface area contributed by atoms with Gasteiger partial charge in [0.25, 0.3) is 11.8 Å². The zero-order chi connectivity index (χ0) is 17.3. The van der Waals surface area contributed by atoms with Gasteiger partial charge in [-0.1, -0.05) is 23.2 Å². The average Bonchev–Trinajstić information content (AvgIpc) is 3.02. The highest BCUT2D eigenvalue weighted by molar-refractivity contribution is 9.10. The first kappa shape index (κ1) is 17.3.